The Labute approximate surface area is 135 Å². The van der Waals surface area contributed by atoms with Gasteiger partial charge in [0.05, 0.1) is 0 Å². The Morgan fingerprint density at radius 2 is 2.04 bits per heavy atom. The van der Waals surface area contributed by atoms with E-state index in [1.807, 2.05) is 19.1 Å². The number of amides is 1. The fraction of sp³-hybridized carbons (Fsp3) is 0.444. The lowest BCUT2D eigenvalue weighted by atomic mass is 10.0. The van der Waals surface area contributed by atoms with Gasteiger partial charge in [0.25, 0.3) is 5.91 Å². The van der Waals surface area contributed by atoms with Crippen molar-refractivity contribution in [3.63, 3.8) is 0 Å². The number of likely N-dealkylation sites (N-methyl/N-ethyl adjacent to an activating group) is 1. The summed E-state index contributed by atoms with van der Waals surface area (Å²) in [5.41, 5.74) is 1.92. The van der Waals surface area contributed by atoms with E-state index < -0.39 is 0 Å². The van der Waals surface area contributed by atoms with E-state index in [9.17, 15) is 9.59 Å². The highest BCUT2D eigenvalue weighted by Gasteiger charge is 2.13. The number of rotatable bonds is 6. The second-order valence-corrected chi connectivity index (χ2v) is 5.84. The summed E-state index contributed by atoms with van der Waals surface area (Å²) in [5.74, 6) is 0.436. The van der Waals surface area contributed by atoms with Gasteiger partial charge in [-0.2, -0.15) is 0 Å². The van der Waals surface area contributed by atoms with E-state index in [4.69, 9.17) is 9.15 Å². The number of carbonyl (C=O) groups is 1. The first-order valence-electron chi connectivity index (χ1n) is 7.83. The molecule has 0 atom stereocenters. The number of ether oxygens (including phenoxy) is 1. The molecular formula is C18H23NO4. The molecule has 0 radical (unpaired) electrons. The van der Waals surface area contributed by atoms with Crippen LogP contribution in [-0.2, 0) is 11.2 Å². The first-order valence-corrected chi connectivity index (χ1v) is 7.83. The molecule has 1 heterocycles. The van der Waals surface area contributed by atoms with Crippen LogP contribution in [0.5, 0.6) is 5.75 Å². The Hall–Kier alpha value is -2.30. The molecule has 0 aliphatic carbocycles. The SMILES string of the molecule is CCCCc1cc(=O)oc2c(C)c(OCC(=O)N(C)C)ccc12. The minimum atomic E-state index is -0.353. The largest absolute Gasteiger partial charge is 0.483 e. The lowest BCUT2D eigenvalue weighted by Crippen LogP contribution is -2.27. The van der Waals surface area contributed by atoms with E-state index in [-0.39, 0.29) is 18.1 Å². The van der Waals surface area contributed by atoms with Crippen LogP contribution in [0.2, 0.25) is 0 Å². The van der Waals surface area contributed by atoms with Crippen LogP contribution < -0.4 is 10.4 Å². The Morgan fingerprint density at radius 1 is 1.30 bits per heavy atom. The number of nitrogens with zero attached hydrogens (tertiary/aromatic N) is 1. The van der Waals surface area contributed by atoms with E-state index in [0.29, 0.717) is 11.3 Å². The average Bonchev–Trinajstić information content (AvgIpc) is 2.52. The molecule has 2 aromatic rings. The molecule has 0 spiro atoms. The highest BCUT2D eigenvalue weighted by atomic mass is 16.5. The lowest BCUT2D eigenvalue weighted by molar-refractivity contribution is -0.130. The molecule has 0 saturated heterocycles. The van der Waals surface area contributed by atoms with E-state index in [2.05, 4.69) is 6.92 Å². The normalized spacial score (nSPS) is 10.8. The smallest absolute Gasteiger partial charge is 0.336 e. The maximum absolute atomic E-state index is 11.8. The minimum absolute atomic E-state index is 0.0426. The number of carbonyl (C=O) groups excluding carboxylic acids is 1. The second kappa shape index (κ2) is 7.31. The van der Waals surface area contributed by atoms with Gasteiger partial charge in [-0.05, 0) is 37.5 Å². The molecule has 1 aromatic carbocycles. The van der Waals surface area contributed by atoms with Gasteiger partial charge in [-0.3, -0.25) is 4.79 Å². The average molecular weight is 317 g/mol. The lowest BCUT2D eigenvalue weighted by Gasteiger charge is -2.14. The summed E-state index contributed by atoms with van der Waals surface area (Å²) in [5, 5.41) is 0.932. The fourth-order valence-corrected chi connectivity index (χ4v) is 2.41. The number of hydrogen-bond acceptors (Lipinski definition) is 4. The predicted octanol–water partition coefficient (Wildman–Crippen LogP) is 2.91. The second-order valence-electron chi connectivity index (χ2n) is 5.84. The molecule has 1 aromatic heterocycles. The number of benzene rings is 1. The molecule has 0 saturated carbocycles. The molecule has 5 nitrogen and oxygen atoms in total. The van der Waals surface area contributed by atoms with Crippen LogP contribution in [0.3, 0.4) is 0 Å². The summed E-state index contributed by atoms with van der Waals surface area (Å²) < 4.78 is 11.0. The summed E-state index contributed by atoms with van der Waals surface area (Å²) in [6, 6.07) is 5.29. The molecule has 0 aliphatic rings. The van der Waals surface area contributed by atoms with Gasteiger partial charge in [0.15, 0.2) is 6.61 Å². The highest BCUT2D eigenvalue weighted by molar-refractivity contribution is 5.85. The Morgan fingerprint density at radius 3 is 2.70 bits per heavy atom. The molecule has 0 unspecified atom stereocenters. The van der Waals surface area contributed by atoms with Crippen molar-refractivity contribution in [2.45, 2.75) is 33.1 Å². The van der Waals surface area contributed by atoms with Crippen molar-refractivity contribution in [2.24, 2.45) is 0 Å². The Bertz CT molecular complexity index is 761. The molecule has 0 fully saturated rings. The van der Waals surface area contributed by atoms with E-state index >= 15 is 0 Å². The van der Waals surface area contributed by atoms with Gasteiger partial charge in [-0.1, -0.05) is 13.3 Å². The van der Waals surface area contributed by atoms with E-state index in [0.717, 1.165) is 35.8 Å². The third-order valence-corrected chi connectivity index (χ3v) is 3.85. The number of fused-ring (bicyclic) bond motifs is 1. The van der Waals surface area contributed by atoms with Gasteiger partial charge in [-0.15, -0.1) is 0 Å². The molecule has 2 rings (SSSR count). The highest BCUT2D eigenvalue weighted by Crippen LogP contribution is 2.29. The van der Waals surface area contributed by atoms with Gasteiger partial charge in [0, 0.05) is 31.1 Å². The molecule has 0 aliphatic heterocycles. The van der Waals surface area contributed by atoms with Crippen LogP contribution in [0.1, 0.15) is 30.9 Å². The van der Waals surface area contributed by atoms with Gasteiger partial charge in [0.1, 0.15) is 11.3 Å². The van der Waals surface area contributed by atoms with E-state index in [1.54, 1.807) is 20.2 Å². The number of unbranched alkanes of at least 4 members (excludes halogenated alkanes) is 1. The quantitative estimate of drug-likeness (QED) is 0.769. The summed E-state index contributed by atoms with van der Waals surface area (Å²) >= 11 is 0. The van der Waals surface area contributed by atoms with Crippen LogP contribution in [0.25, 0.3) is 11.0 Å². The van der Waals surface area contributed by atoms with Crippen LogP contribution in [0.15, 0.2) is 27.4 Å². The monoisotopic (exact) mass is 317 g/mol. The maximum Gasteiger partial charge on any atom is 0.336 e. The van der Waals surface area contributed by atoms with Crippen molar-refractivity contribution in [1.29, 1.82) is 0 Å². The van der Waals surface area contributed by atoms with Crippen molar-refractivity contribution in [1.82, 2.24) is 4.90 Å². The molecule has 1 amide bonds. The summed E-state index contributed by atoms with van der Waals surface area (Å²) in [6.07, 6.45) is 2.93. The summed E-state index contributed by atoms with van der Waals surface area (Å²) in [7, 11) is 3.36. The van der Waals surface area contributed by atoms with Gasteiger partial charge < -0.3 is 14.1 Å². The molecule has 5 heteroatoms. The topological polar surface area (TPSA) is 59.8 Å². The third-order valence-electron chi connectivity index (χ3n) is 3.85. The van der Waals surface area contributed by atoms with Crippen LogP contribution >= 0.6 is 0 Å². The molecule has 124 valence electrons. The van der Waals surface area contributed by atoms with Crippen LogP contribution in [0, 0.1) is 6.92 Å². The first kappa shape index (κ1) is 17.1. The van der Waals surface area contributed by atoms with Crippen molar-refractivity contribution in [2.75, 3.05) is 20.7 Å². The maximum atomic E-state index is 11.8. The van der Waals surface area contributed by atoms with E-state index in [1.165, 1.54) is 4.90 Å². The van der Waals surface area contributed by atoms with Gasteiger partial charge in [-0.25, -0.2) is 4.79 Å². The number of hydrogen-bond donors (Lipinski definition) is 0. The zero-order valence-corrected chi connectivity index (χ0v) is 14.1. The van der Waals surface area contributed by atoms with Gasteiger partial charge >= 0.3 is 5.63 Å². The predicted molar refractivity (Wildman–Crippen MR) is 90.0 cm³/mol. The third kappa shape index (κ3) is 3.92. The fourth-order valence-electron chi connectivity index (χ4n) is 2.41. The van der Waals surface area contributed by atoms with Crippen LogP contribution in [-0.4, -0.2) is 31.5 Å². The first-order chi connectivity index (χ1) is 10.9. The van der Waals surface area contributed by atoms with Gasteiger partial charge in [0.2, 0.25) is 0 Å². The van der Waals surface area contributed by atoms with Crippen LogP contribution in [0.4, 0.5) is 0 Å². The van der Waals surface area contributed by atoms with Crippen molar-refractivity contribution >= 4 is 16.9 Å². The summed E-state index contributed by atoms with van der Waals surface area (Å²) in [4.78, 5) is 24.9. The molecular weight excluding hydrogens is 294 g/mol. The Balaban J connectivity index is 2.38. The number of aryl methyl sites for hydroxylation is 2. The molecule has 0 bridgehead atoms. The zero-order valence-electron chi connectivity index (χ0n) is 14.1. The molecule has 23 heavy (non-hydrogen) atoms. The van der Waals surface area contributed by atoms with Crippen molar-refractivity contribution in [3.8, 4) is 5.75 Å². The van der Waals surface area contributed by atoms with Crippen molar-refractivity contribution < 1.29 is 13.9 Å². The standard InChI is InChI=1S/C18H23NO4/c1-5-6-7-13-10-17(21)23-18-12(2)15(9-8-14(13)18)22-11-16(20)19(3)4/h8-10H,5-7,11H2,1-4H3. The van der Waals surface area contributed by atoms with Crippen molar-refractivity contribution in [3.05, 3.63) is 39.7 Å². The zero-order chi connectivity index (χ0) is 17.0. The minimum Gasteiger partial charge on any atom is -0.483 e. The summed E-state index contributed by atoms with van der Waals surface area (Å²) in [6.45, 7) is 3.91. The Kier molecular flexibility index (Phi) is 5.42. The molecule has 0 N–H and O–H groups in total.